The highest BCUT2D eigenvalue weighted by atomic mass is 16.3. The fourth-order valence-electron chi connectivity index (χ4n) is 7.74. The lowest BCUT2D eigenvalue weighted by Gasteiger charge is -2.60. The van der Waals surface area contributed by atoms with E-state index >= 15 is 0 Å². The van der Waals surface area contributed by atoms with E-state index < -0.39 is 29.5 Å². The number of carbonyl (C=O) groups excluding carboxylic acids is 2. The van der Waals surface area contributed by atoms with Crippen LogP contribution in [-0.4, -0.2) is 45.2 Å². The smallest absolute Gasteiger partial charge is 0.190 e. The molecule has 0 heterocycles. The molecular formula is C22H32O5. The van der Waals surface area contributed by atoms with Crippen LogP contribution < -0.4 is 0 Å². The van der Waals surface area contributed by atoms with Crippen LogP contribution in [-0.2, 0) is 9.59 Å². The number of Topliss-reactive ketones (excluding diaryl/α,β-unsaturated/α-hetero) is 1. The Hall–Kier alpha value is -1.04. The number of rotatable bonds is 2. The number of hydrogen-bond donors (Lipinski definition) is 3. The Balaban J connectivity index is 1.77. The summed E-state index contributed by atoms with van der Waals surface area (Å²) in [7, 11) is 0. The summed E-state index contributed by atoms with van der Waals surface area (Å²) in [5.41, 5.74) is -1.31. The van der Waals surface area contributed by atoms with Crippen LogP contribution in [0.2, 0.25) is 0 Å². The third kappa shape index (κ3) is 2.28. The summed E-state index contributed by atoms with van der Waals surface area (Å²) in [6.07, 6.45) is 5.32. The molecule has 4 aliphatic rings. The molecule has 0 radical (unpaired) electrons. The molecule has 0 aromatic carbocycles. The second-order valence-corrected chi connectivity index (χ2v) is 10.1. The van der Waals surface area contributed by atoms with Gasteiger partial charge >= 0.3 is 0 Å². The first kappa shape index (κ1) is 19.3. The first-order valence-electron chi connectivity index (χ1n) is 10.4. The van der Waals surface area contributed by atoms with Crippen LogP contribution in [0.15, 0.2) is 11.6 Å². The maximum absolute atomic E-state index is 12.6. The van der Waals surface area contributed by atoms with Crippen molar-refractivity contribution in [3.05, 3.63) is 11.6 Å². The van der Waals surface area contributed by atoms with Crippen LogP contribution in [0.1, 0.15) is 59.3 Å². The summed E-state index contributed by atoms with van der Waals surface area (Å²) in [4.78, 5) is 24.5. The van der Waals surface area contributed by atoms with Gasteiger partial charge in [-0.15, -0.1) is 0 Å². The highest BCUT2D eigenvalue weighted by Gasteiger charge is 2.70. The molecule has 0 bridgehead atoms. The van der Waals surface area contributed by atoms with Gasteiger partial charge in [0, 0.05) is 11.8 Å². The highest BCUT2D eigenvalue weighted by Crippen LogP contribution is 2.68. The van der Waals surface area contributed by atoms with E-state index in [0.29, 0.717) is 12.8 Å². The molecule has 0 amide bonds. The van der Waals surface area contributed by atoms with Crippen LogP contribution in [0.3, 0.4) is 0 Å². The summed E-state index contributed by atoms with van der Waals surface area (Å²) in [6, 6.07) is 0. The molecule has 0 aromatic rings. The van der Waals surface area contributed by atoms with Gasteiger partial charge in [0.15, 0.2) is 11.6 Å². The monoisotopic (exact) mass is 376 g/mol. The Bertz CT molecular complexity index is 713. The number of aliphatic hydroxyl groups excluding tert-OH is 2. The van der Waals surface area contributed by atoms with E-state index in [1.165, 1.54) is 5.57 Å². The zero-order chi connectivity index (χ0) is 19.8. The number of hydrogen-bond acceptors (Lipinski definition) is 5. The molecular weight excluding hydrogens is 344 g/mol. The third-order valence-corrected chi connectivity index (χ3v) is 9.05. The fourth-order valence-corrected chi connectivity index (χ4v) is 7.74. The number of aliphatic hydroxyl groups is 3. The van der Waals surface area contributed by atoms with Crippen molar-refractivity contribution in [1.29, 1.82) is 0 Å². The predicted octanol–water partition coefficient (Wildman–Crippen LogP) is 2.03. The molecule has 5 heteroatoms. The minimum absolute atomic E-state index is 0.0578. The lowest BCUT2D eigenvalue weighted by molar-refractivity contribution is -0.187. The Kier molecular flexibility index (Phi) is 4.27. The van der Waals surface area contributed by atoms with Crippen LogP contribution in [0.5, 0.6) is 0 Å². The molecule has 5 nitrogen and oxygen atoms in total. The molecule has 0 unspecified atom stereocenters. The van der Waals surface area contributed by atoms with Crippen LogP contribution in [0.25, 0.3) is 0 Å². The minimum Gasteiger partial charge on any atom is -0.393 e. The van der Waals surface area contributed by atoms with Crippen molar-refractivity contribution in [1.82, 2.24) is 0 Å². The van der Waals surface area contributed by atoms with Gasteiger partial charge in [0.05, 0.1) is 6.10 Å². The largest absolute Gasteiger partial charge is 0.393 e. The van der Waals surface area contributed by atoms with Crippen LogP contribution >= 0.6 is 0 Å². The van der Waals surface area contributed by atoms with Crippen molar-refractivity contribution >= 4 is 11.6 Å². The zero-order valence-electron chi connectivity index (χ0n) is 16.6. The molecule has 3 N–H and O–H groups in total. The minimum atomic E-state index is -1.59. The van der Waals surface area contributed by atoms with Gasteiger partial charge in [-0.3, -0.25) is 9.59 Å². The molecule has 4 rings (SSSR count). The summed E-state index contributed by atoms with van der Waals surface area (Å²) < 4.78 is 0. The molecule has 0 spiro atoms. The Labute approximate surface area is 160 Å². The van der Waals surface area contributed by atoms with Gasteiger partial charge in [0.25, 0.3) is 0 Å². The predicted molar refractivity (Wildman–Crippen MR) is 99.7 cm³/mol. The van der Waals surface area contributed by atoms with Gasteiger partial charge < -0.3 is 15.3 Å². The average molecular weight is 376 g/mol. The molecule has 4 aliphatic carbocycles. The second-order valence-electron chi connectivity index (χ2n) is 10.1. The Morgan fingerprint density at radius 2 is 2.00 bits per heavy atom. The summed E-state index contributed by atoms with van der Waals surface area (Å²) >= 11 is 0. The van der Waals surface area contributed by atoms with Crippen molar-refractivity contribution in [3.63, 3.8) is 0 Å². The number of carbonyl (C=O) groups is 2. The van der Waals surface area contributed by atoms with Crippen molar-refractivity contribution in [2.24, 2.45) is 34.5 Å². The normalized spacial score (nSPS) is 51.9. The first-order valence-corrected chi connectivity index (χ1v) is 10.4. The van der Waals surface area contributed by atoms with Crippen molar-refractivity contribution in [3.8, 4) is 0 Å². The maximum atomic E-state index is 12.6. The van der Waals surface area contributed by atoms with Gasteiger partial charge in [0.1, 0.15) is 12.2 Å². The van der Waals surface area contributed by atoms with Crippen molar-refractivity contribution < 1.29 is 24.9 Å². The van der Waals surface area contributed by atoms with E-state index in [9.17, 15) is 24.9 Å². The number of fused-ring (bicyclic) bond motifs is 5. The zero-order valence-corrected chi connectivity index (χ0v) is 16.6. The van der Waals surface area contributed by atoms with E-state index in [4.69, 9.17) is 0 Å². The average Bonchev–Trinajstić information content (AvgIpc) is 2.82. The highest BCUT2D eigenvalue weighted by molar-refractivity contribution is 5.92. The van der Waals surface area contributed by atoms with E-state index in [2.05, 4.69) is 6.92 Å². The summed E-state index contributed by atoms with van der Waals surface area (Å²) in [5.74, 6) is -0.155. The Morgan fingerprint density at radius 1 is 1.30 bits per heavy atom. The summed E-state index contributed by atoms with van der Waals surface area (Å²) in [6.45, 7) is 5.36. The quantitative estimate of drug-likeness (QED) is 0.685. The summed E-state index contributed by atoms with van der Waals surface area (Å²) in [5, 5.41) is 32.2. The van der Waals surface area contributed by atoms with Crippen molar-refractivity contribution in [2.75, 3.05) is 6.61 Å². The number of allylic oxidation sites excluding steroid dienone is 1. The van der Waals surface area contributed by atoms with Crippen LogP contribution in [0, 0.1) is 34.5 Å². The van der Waals surface area contributed by atoms with E-state index in [0.717, 1.165) is 25.7 Å². The van der Waals surface area contributed by atoms with E-state index in [-0.39, 0.29) is 34.9 Å². The topological polar surface area (TPSA) is 94.8 Å². The lowest BCUT2D eigenvalue weighted by Crippen LogP contribution is -2.63. The van der Waals surface area contributed by atoms with Gasteiger partial charge in [-0.1, -0.05) is 26.3 Å². The number of ketones is 2. The molecule has 0 saturated heterocycles. The van der Waals surface area contributed by atoms with Crippen LogP contribution in [0.4, 0.5) is 0 Å². The van der Waals surface area contributed by atoms with E-state index in [1.54, 1.807) is 0 Å². The van der Waals surface area contributed by atoms with Gasteiger partial charge in [-0.25, -0.2) is 0 Å². The van der Waals surface area contributed by atoms with Gasteiger partial charge in [-0.05, 0) is 67.3 Å². The maximum Gasteiger partial charge on any atom is 0.190 e. The molecule has 8 atom stereocenters. The first-order chi connectivity index (χ1) is 12.6. The third-order valence-electron chi connectivity index (χ3n) is 9.05. The molecule has 27 heavy (non-hydrogen) atoms. The molecule has 0 aliphatic heterocycles. The molecule has 0 aromatic heterocycles. The molecule has 3 saturated carbocycles. The van der Waals surface area contributed by atoms with E-state index in [1.807, 2.05) is 19.9 Å². The van der Waals surface area contributed by atoms with Gasteiger partial charge in [0.2, 0.25) is 0 Å². The standard InChI is InChI=1S/C22H32O5/c1-12-8-16-15-5-4-13-9-14(24)6-7-20(13,2)19(15)17(25)10-21(16,3)22(12,27)18(26)11-23/h9,12,15-17,19,23,25,27H,4-8,10-11H2,1-3H3/t12-,15+,16-,17-,19+,20+,21+,22+/m0/s1. The molecule has 150 valence electrons. The Morgan fingerprint density at radius 3 is 2.67 bits per heavy atom. The second kappa shape index (κ2) is 5.98. The lowest BCUT2D eigenvalue weighted by atomic mass is 9.45. The molecule has 3 fully saturated rings. The fraction of sp³-hybridized carbons (Fsp3) is 0.818. The van der Waals surface area contributed by atoms with Gasteiger partial charge in [-0.2, -0.15) is 0 Å². The van der Waals surface area contributed by atoms with Crippen molar-refractivity contribution in [2.45, 2.75) is 71.0 Å². The SMILES string of the molecule is C[C@H]1C[C@H]2[C@H]3CCC4=CC(=O)CC[C@@]4(C)[C@H]3[C@@H](O)C[C@@]2(C)[C@]1(O)C(=O)CO.